The first kappa shape index (κ1) is 48.4. The van der Waals surface area contributed by atoms with E-state index in [2.05, 4.69) is 25.9 Å². The van der Waals surface area contributed by atoms with Crippen molar-refractivity contribution < 1.29 is 46.5 Å². The quantitative estimate of drug-likeness (QED) is 0.0551. The summed E-state index contributed by atoms with van der Waals surface area (Å²) in [7, 11) is -2.34. The van der Waals surface area contributed by atoms with E-state index in [1.54, 1.807) is 92.6 Å². The molecule has 58 heavy (non-hydrogen) atoms. The fourth-order valence-electron chi connectivity index (χ4n) is 6.25. The Morgan fingerprint density at radius 1 is 0.862 bits per heavy atom. The van der Waals surface area contributed by atoms with Crippen LogP contribution in [0.3, 0.4) is 0 Å². The Balaban J connectivity index is 2.02. The van der Waals surface area contributed by atoms with Crippen molar-refractivity contribution in [3.05, 3.63) is 53.7 Å². The average molecular weight is 846 g/mol. The minimum atomic E-state index is -2.80. The zero-order valence-electron chi connectivity index (χ0n) is 36.9. The smallest absolute Gasteiger partial charge is 0.435 e. The van der Waals surface area contributed by atoms with Gasteiger partial charge in [-0.2, -0.15) is 9.78 Å². The molecule has 2 aromatic carbocycles. The van der Waals surface area contributed by atoms with E-state index in [1.807, 2.05) is 26.0 Å². The van der Waals surface area contributed by atoms with Crippen LogP contribution < -0.4 is 9.04 Å². The van der Waals surface area contributed by atoms with E-state index >= 15 is 0 Å². The molecular formula is C42H65N4O10SSi-. The molecule has 1 heterocycles. The highest BCUT2D eigenvalue weighted by Gasteiger charge is 2.35. The lowest BCUT2D eigenvalue weighted by Gasteiger charge is -2.37. The minimum Gasteiger partial charge on any atom is -0.755 e. The van der Waals surface area contributed by atoms with E-state index in [4.69, 9.17) is 23.4 Å². The number of aromatic nitrogens is 2. The summed E-state index contributed by atoms with van der Waals surface area (Å²) < 4.78 is 57.4. The van der Waals surface area contributed by atoms with E-state index in [0.29, 0.717) is 16.8 Å². The number of benzene rings is 2. The van der Waals surface area contributed by atoms with Crippen molar-refractivity contribution in [1.29, 1.82) is 0 Å². The van der Waals surface area contributed by atoms with Gasteiger partial charge < -0.3 is 32.8 Å². The number of esters is 1. The molecule has 0 radical (unpaired) electrons. The molecule has 0 saturated heterocycles. The molecular weight excluding hydrogens is 781 g/mol. The summed E-state index contributed by atoms with van der Waals surface area (Å²) in [6.45, 7) is 25.9. The number of anilines is 1. The van der Waals surface area contributed by atoms with Gasteiger partial charge in [0.1, 0.15) is 35.7 Å². The van der Waals surface area contributed by atoms with Crippen LogP contribution in [0.15, 0.2) is 42.5 Å². The van der Waals surface area contributed by atoms with Crippen LogP contribution in [-0.2, 0) is 34.7 Å². The van der Waals surface area contributed by atoms with E-state index in [9.17, 15) is 23.1 Å². The first-order chi connectivity index (χ1) is 26.8. The van der Waals surface area contributed by atoms with Gasteiger partial charge in [-0.1, -0.05) is 46.8 Å². The third kappa shape index (κ3) is 14.1. The van der Waals surface area contributed by atoms with Crippen LogP contribution in [0.4, 0.5) is 15.3 Å². The summed E-state index contributed by atoms with van der Waals surface area (Å²) >= 11 is -2.80. The van der Waals surface area contributed by atoms with Crippen molar-refractivity contribution in [3.63, 3.8) is 0 Å². The summed E-state index contributed by atoms with van der Waals surface area (Å²) in [5.74, 6) is -0.196. The second kappa shape index (κ2) is 19.8. The number of hydrogen-bond acceptors (Lipinski definition) is 11. The van der Waals surface area contributed by atoms with E-state index in [1.165, 1.54) is 9.58 Å². The zero-order chi connectivity index (χ0) is 43.8. The molecule has 324 valence electrons. The number of carbonyl (C=O) groups is 3. The maximum absolute atomic E-state index is 13.9. The van der Waals surface area contributed by atoms with Crippen molar-refractivity contribution >= 4 is 54.3 Å². The highest BCUT2D eigenvalue weighted by atomic mass is 32.2. The standard InChI is InChI=1S/C42H66N4O10SSi/c1-15-58(16-2,17-3)56-35(30-19-18-20-31(25-30)45(57(50)51)28-36(47)53-40(6,7)8)27-44(38(48)54-41(9,10)11)23-24-52-32-21-22-33-34(26-32)46(43-37(33)29(4)5)39(49)55-42(12,13)14/h18-22,25-26,29,35H,15-17,23-24,27-28H2,1-14H3,(H,50,51)/p-1. The molecule has 0 aliphatic carbocycles. The van der Waals surface area contributed by atoms with Gasteiger partial charge in [-0.05, 0) is 116 Å². The number of rotatable bonds is 17. The highest BCUT2D eigenvalue weighted by Crippen LogP contribution is 2.34. The Hall–Kier alpha value is -3.99. The predicted octanol–water partition coefficient (Wildman–Crippen LogP) is 9.26. The number of hydrogen-bond donors (Lipinski definition) is 0. The van der Waals surface area contributed by atoms with Gasteiger partial charge in [0, 0.05) is 28.4 Å². The number of carbonyl (C=O) groups excluding carboxylic acids is 3. The number of nitrogens with zero attached hydrogens (tertiary/aromatic N) is 4. The molecule has 0 bridgehead atoms. The summed E-state index contributed by atoms with van der Waals surface area (Å²) in [5.41, 5.74) is -0.176. The molecule has 1 amide bonds. The van der Waals surface area contributed by atoms with Gasteiger partial charge in [0.2, 0.25) is 0 Å². The molecule has 3 aromatic rings. The van der Waals surface area contributed by atoms with Crippen LogP contribution in [0.25, 0.3) is 10.9 Å². The largest absolute Gasteiger partial charge is 0.755 e. The van der Waals surface area contributed by atoms with Gasteiger partial charge >= 0.3 is 18.2 Å². The van der Waals surface area contributed by atoms with Crippen LogP contribution in [0.5, 0.6) is 5.75 Å². The molecule has 16 heteroatoms. The fraction of sp³-hybridized carbons (Fsp3) is 0.619. The maximum Gasteiger partial charge on any atom is 0.435 e. The molecule has 2 atom stereocenters. The lowest BCUT2D eigenvalue weighted by atomic mass is 10.1. The van der Waals surface area contributed by atoms with Crippen molar-refractivity contribution in [2.75, 3.05) is 30.5 Å². The van der Waals surface area contributed by atoms with Gasteiger partial charge in [-0.3, -0.25) is 13.3 Å². The third-order valence-electron chi connectivity index (χ3n) is 9.19. The fourth-order valence-corrected chi connectivity index (χ4v) is 9.56. The molecule has 0 aliphatic rings. The van der Waals surface area contributed by atoms with E-state index < -0.39 is 67.2 Å². The van der Waals surface area contributed by atoms with Gasteiger partial charge in [0.05, 0.1) is 30.4 Å². The summed E-state index contributed by atoms with van der Waals surface area (Å²) in [6.07, 6.45) is -1.87. The van der Waals surface area contributed by atoms with Gasteiger partial charge in [0.15, 0.2) is 8.32 Å². The van der Waals surface area contributed by atoms with Crippen molar-refractivity contribution in [1.82, 2.24) is 14.7 Å². The van der Waals surface area contributed by atoms with Crippen LogP contribution >= 0.6 is 0 Å². The highest BCUT2D eigenvalue weighted by molar-refractivity contribution is 7.80. The number of amides is 1. The second-order valence-electron chi connectivity index (χ2n) is 17.7. The lowest BCUT2D eigenvalue weighted by Crippen LogP contribution is -2.45. The third-order valence-corrected chi connectivity index (χ3v) is 14.5. The Morgan fingerprint density at radius 2 is 1.47 bits per heavy atom. The maximum atomic E-state index is 13.9. The molecule has 14 nitrogen and oxygen atoms in total. The monoisotopic (exact) mass is 845 g/mol. The molecule has 1 aromatic heterocycles. The number of fused-ring (bicyclic) bond motifs is 1. The Morgan fingerprint density at radius 3 is 2.00 bits per heavy atom. The van der Waals surface area contributed by atoms with Crippen LogP contribution in [0, 0.1) is 0 Å². The van der Waals surface area contributed by atoms with Crippen molar-refractivity contribution in [2.24, 2.45) is 0 Å². The summed E-state index contributed by atoms with van der Waals surface area (Å²) in [4.78, 5) is 41.4. The minimum absolute atomic E-state index is 0.0432. The Labute approximate surface area is 348 Å². The van der Waals surface area contributed by atoms with Gasteiger partial charge in [0.25, 0.3) is 0 Å². The van der Waals surface area contributed by atoms with Crippen LogP contribution in [0.1, 0.15) is 120 Å². The Kier molecular flexibility index (Phi) is 16.5. The molecule has 0 aliphatic heterocycles. The molecule has 0 spiro atoms. The lowest BCUT2D eigenvalue weighted by molar-refractivity contribution is -0.152. The molecule has 3 rings (SSSR count). The first-order valence-corrected chi connectivity index (χ1v) is 23.6. The van der Waals surface area contributed by atoms with Crippen LogP contribution in [-0.4, -0.2) is 93.0 Å². The van der Waals surface area contributed by atoms with Gasteiger partial charge in [-0.25, -0.2) is 9.59 Å². The first-order valence-electron chi connectivity index (χ1n) is 20.0. The summed E-state index contributed by atoms with van der Waals surface area (Å²) in [5, 5.41) is 5.39. The molecule has 2 unspecified atom stereocenters. The van der Waals surface area contributed by atoms with Crippen molar-refractivity contribution in [3.8, 4) is 5.75 Å². The van der Waals surface area contributed by atoms with Crippen LogP contribution in [0.2, 0.25) is 18.1 Å². The zero-order valence-corrected chi connectivity index (χ0v) is 38.7. The predicted molar refractivity (Wildman–Crippen MR) is 228 cm³/mol. The molecule has 0 saturated carbocycles. The number of ether oxygens (including phenoxy) is 4. The molecule has 0 fully saturated rings. The van der Waals surface area contributed by atoms with E-state index in [-0.39, 0.29) is 31.3 Å². The summed E-state index contributed by atoms with van der Waals surface area (Å²) in [6, 6.07) is 14.7. The average Bonchev–Trinajstić information content (AvgIpc) is 3.49. The SMILES string of the molecule is CC[Si](CC)(CC)OC(CN(CCOc1ccc2c(C(C)C)nn(C(=O)OC(C)(C)C)c2c1)C(=O)OC(C)(C)C)c1cccc(N(CC(=O)OC(C)(C)C)S(=O)[O-])c1. The second-order valence-corrected chi connectivity index (χ2v) is 23.3. The van der Waals surface area contributed by atoms with Gasteiger partial charge in [-0.15, -0.1) is 0 Å². The normalized spacial score (nSPS) is 13.6. The molecule has 0 N–H and O–H groups in total. The van der Waals surface area contributed by atoms with Crippen molar-refractivity contribution in [2.45, 2.75) is 144 Å². The topological polar surface area (TPSA) is 162 Å². The Bertz CT molecular complexity index is 1880. The van der Waals surface area contributed by atoms with E-state index in [0.717, 1.165) is 33.5 Å².